The second-order valence-corrected chi connectivity index (χ2v) is 5.61. The van der Waals surface area contributed by atoms with E-state index in [-0.39, 0.29) is 35.2 Å². The van der Waals surface area contributed by atoms with Crippen LogP contribution in [0.2, 0.25) is 5.02 Å². The van der Waals surface area contributed by atoms with Gasteiger partial charge in [0, 0.05) is 29.7 Å². The molecule has 1 aromatic carbocycles. The summed E-state index contributed by atoms with van der Waals surface area (Å²) >= 11 is 5.83. The SMILES string of the molecule is CCN(CC)C(=O)c1ccc[n+](CC(=O)c2ccc(Cl)cc2)c1.[Br-]. The Morgan fingerprint density at radius 1 is 1.04 bits per heavy atom. The summed E-state index contributed by atoms with van der Waals surface area (Å²) in [6, 6.07) is 10.3. The van der Waals surface area contributed by atoms with Crippen LogP contribution in [0.25, 0.3) is 0 Å². The Hall–Kier alpha value is -1.72. The number of Topliss-reactive ketones (excluding diaryl/α,β-unsaturated/α-hetero) is 1. The van der Waals surface area contributed by atoms with Gasteiger partial charge in [-0.15, -0.1) is 0 Å². The maximum atomic E-state index is 12.4. The minimum Gasteiger partial charge on any atom is -1.00 e. The zero-order valence-corrected chi connectivity index (χ0v) is 16.0. The Kier molecular flexibility index (Phi) is 8.08. The van der Waals surface area contributed by atoms with E-state index in [1.165, 1.54) is 0 Å². The Balaban J connectivity index is 0.00000288. The van der Waals surface area contributed by atoms with E-state index in [0.717, 1.165) is 0 Å². The summed E-state index contributed by atoms with van der Waals surface area (Å²) in [5, 5.41) is 0.598. The third kappa shape index (κ3) is 5.14. The van der Waals surface area contributed by atoms with Crippen molar-refractivity contribution in [1.82, 2.24) is 4.90 Å². The van der Waals surface area contributed by atoms with Crippen LogP contribution in [0.5, 0.6) is 0 Å². The zero-order chi connectivity index (χ0) is 16.8. The van der Waals surface area contributed by atoms with Gasteiger partial charge in [-0.2, -0.15) is 4.57 Å². The fraction of sp³-hybridized carbons (Fsp3) is 0.278. The van der Waals surface area contributed by atoms with E-state index in [9.17, 15) is 9.59 Å². The molecule has 0 bridgehead atoms. The molecule has 1 amide bonds. The highest BCUT2D eigenvalue weighted by Crippen LogP contribution is 2.10. The first kappa shape index (κ1) is 20.3. The molecule has 0 N–H and O–H groups in total. The van der Waals surface area contributed by atoms with Gasteiger partial charge in [-0.3, -0.25) is 9.59 Å². The summed E-state index contributed by atoms with van der Waals surface area (Å²) in [6.07, 6.45) is 3.50. The number of nitrogens with zero attached hydrogens (tertiary/aromatic N) is 2. The maximum absolute atomic E-state index is 12.4. The van der Waals surface area contributed by atoms with E-state index in [0.29, 0.717) is 29.2 Å². The molecule has 1 heterocycles. The van der Waals surface area contributed by atoms with Gasteiger partial charge in [0.25, 0.3) is 5.91 Å². The zero-order valence-electron chi connectivity index (χ0n) is 13.7. The third-order valence-electron chi connectivity index (χ3n) is 3.65. The van der Waals surface area contributed by atoms with Crippen molar-refractivity contribution in [3.05, 3.63) is 64.9 Å². The molecular weight excluding hydrogens is 392 g/mol. The molecule has 0 aliphatic heterocycles. The van der Waals surface area contributed by atoms with E-state index in [2.05, 4.69) is 0 Å². The largest absolute Gasteiger partial charge is 1.00 e. The fourth-order valence-electron chi connectivity index (χ4n) is 2.33. The lowest BCUT2D eigenvalue weighted by atomic mass is 10.1. The van der Waals surface area contributed by atoms with Crippen LogP contribution in [0.1, 0.15) is 34.6 Å². The summed E-state index contributed by atoms with van der Waals surface area (Å²) < 4.78 is 1.73. The highest BCUT2D eigenvalue weighted by molar-refractivity contribution is 6.30. The van der Waals surface area contributed by atoms with Crippen LogP contribution in [-0.4, -0.2) is 29.7 Å². The quantitative estimate of drug-likeness (QED) is 0.496. The highest BCUT2D eigenvalue weighted by atomic mass is 79.9. The van der Waals surface area contributed by atoms with Gasteiger partial charge in [-0.1, -0.05) is 11.6 Å². The van der Waals surface area contributed by atoms with Crippen molar-refractivity contribution in [3.8, 4) is 0 Å². The number of carbonyl (C=O) groups is 2. The maximum Gasteiger partial charge on any atom is 0.259 e. The number of amides is 1. The number of carbonyl (C=O) groups excluding carboxylic acids is 2. The molecule has 0 aliphatic carbocycles. The first-order valence-electron chi connectivity index (χ1n) is 7.62. The molecule has 0 radical (unpaired) electrons. The average Bonchev–Trinajstić information content (AvgIpc) is 2.56. The first-order chi connectivity index (χ1) is 11.0. The molecule has 0 unspecified atom stereocenters. The van der Waals surface area contributed by atoms with Gasteiger partial charge in [-0.25, -0.2) is 0 Å². The minimum atomic E-state index is -0.0286. The van der Waals surface area contributed by atoms with Gasteiger partial charge in [0.2, 0.25) is 12.3 Å². The van der Waals surface area contributed by atoms with Crippen LogP contribution in [0.15, 0.2) is 48.8 Å². The normalized spacial score (nSPS) is 9.96. The Morgan fingerprint density at radius 3 is 2.25 bits per heavy atom. The Morgan fingerprint density at radius 2 is 1.67 bits per heavy atom. The number of aromatic nitrogens is 1. The minimum absolute atomic E-state index is 0. The van der Waals surface area contributed by atoms with Gasteiger partial charge in [-0.05, 0) is 44.2 Å². The van der Waals surface area contributed by atoms with Crippen molar-refractivity contribution < 1.29 is 31.1 Å². The van der Waals surface area contributed by atoms with Crippen LogP contribution < -0.4 is 21.5 Å². The summed E-state index contributed by atoms with van der Waals surface area (Å²) in [7, 11) is 0. The van der Waals surface area contributed by atoms with Gasteiger partial charge in [0.1, 0.15) is 5.56 Å². The van der Waals surface area contributed by atoms with Gasteiger partial charge < -0.3 is 21.9 Å². The van der Waals surface area contributed by atoms with Crippen LogP contribution in [0.4, 0.5) is 0 Å². The van der Waals surface area contributed by atoms with Crippen molar-refractivity contribution in [2.24, 2.45) is 0 Å². The van der Waals surface area contributed by atoms with Crippen LogP contribution in [0.3, 0.4) is 0 Å². The van der Waals surface area contributed by atoms with E-state index in [1.807, 2.05) is 13.8 Å². The standard InChI is InChI=1S/C18H20ClN2O2.BrH/c1-3-21(4-2)18(23)15-6-5-11-20(12-15)13-17(22)14-7-9-16(19)10-8-14;/h5-12H,3-4,13H2,1-2H3;1H/q+1;/p-1. The van der Waals surface area contributed by atoms with Crippen LogP contribution in [0, 0.1) is 0 Å². The molecular formula is C18H20BrClN2O2. The molecule has 1 aromatic heterocycles. The molecule has 0 saturated heterocycles. The molecule has 24 heavy (non-hydrogen) atoms. The molecule has 0 saturated carbocycles. The highest BCUT2D eigenvalue weighted by Gasteiger charge is 2.17. The molecule has 4 nitrogen and oxygen atoms in total. The lowest BCUT2D eigenvalue weighted by molar-refractivity contribution is -0.683. The van der Waals surface area contributed by atoms with E-state index in [1.54, 1.807) is 58.3 Å². The van der Waals surface area contributed by atoms with Gasteiger partial charge in [0.15, 0.2) is 12.4 Å². The number of pyridine rings is 1. The summed E-state index contributed by atoms with van der Waals surface area (Å²) in [5.74, 6) is -0.0533. The lowest BCUT2D eigenvalue weighted by Gasteiger charge is -2.17. The predicted octanol–water partition coefficient (Wildman–Crippen LogP) is -0.00360. The second kappa shape index (κ2) is 9.55. The summed E-state index contributed by atoms with van der Waals surface area (Å²) in [6.45, 7) is 5.40. The lowest BCUT2D eigenvalue weighted by Crippen LogP contribution is -3.00. The number of rotatable bonds is 6. The predicted molar refractivity (Wildman–Crippen MR) is 89.7 cm³/mol. The van der Waals surface area contributed by atoms with E-state index in [4.69, 9.17) is 11.6 Å². The molecule has 0 spiro atoms. The van der Waals surface area contributed by atoms with Crippen molar-refractivity contribution in [1.29, 1.82) is 0 Å². The van der Waals surface area contributed by atoms with E-state index < -0.39 is 0 Å². The molecule has 0 aliphatic rings. The summed E-state index contributed by atoms with van der Waals surface area (Å²) in [5.41, 5.74) is 1.18. The number of benzene rings is 1. The molecule has 0 atom stereocenters. The fourth-order valence-corrected chi connectivity index (χ4v) is 2.46. The molecule has 0 fully saturated rings. The number of halogens is 2. The molecule has 2 rings (SSSR count). The third-order valence-corrected chi connectivity index (χ3v) is 3.90. The number of hydrogen-bond acceptors (Lipinski definition) is 2. The smallest absolute Gasteiger partial charge is 0.259 e. The van der Waals surface area contributed by atoms with Gasteiger partial charge in [0.05, 0.1) is 0 Å². The molecule has 2 aromatic rings. The topological polar surface area (TPSA) is 41.3 Å². The van der Waals surface area contributed by atoms with Crippen molar-refractivity contribution in [2.45, 2.75) is 20.4 Å². The molecule has 128 valence electrons. The summed E-state index contributed by atoms with van der Waals surface area (Å²) in [4.78, 5) is 26.4. The van der Waals surface area contributed by atoms with Crippen molar-refractivity contribution in [2.75, 3.05) is 13.1 Å². The van der Waals surface area contributed by atoms with Crippen LogP contribution >= 0.6 is 11.6 Å². The monoisotopic (exact) mass is 410 g/mol. The van der Waals surface area contributed by atoms with Crippen LogP contribution in [-0.2, 0) is 6.54 Å². The number of hydrogen-bond donors (Lipinski definition) is 0. The number of ketones is 1. The Bertz CT molecular complexity index is 700. The van der Waals surface area contributed by atoms with Crippen molar-refractivity contribution in [3.63, 3.8) is 0 Å². The first-order valence-corrected chi connectivity index (χ1v) is 8.00. The average molecular weight is 412 g/mol. The van der Waals surface area contributed by atoms with Crippen molar-refractivity contribution >= 4 is 23.3 Å². The second-order valence-electron chi connectivity index (χ2n) is 5.17. The van der Waals surface area contributed by atoms with E-state index >= 15 is 0 Å². The Labute approximate surface area is 157 Å². The van der Waals surface area contributed by atoms with Gasteiger partial charge >= 0.3 is 0 Å². The molecule has 6 heteroatoms.